The molecule has 7 nitrogen and oxygen atoms in total. The molecule has 4 aromatic rings. The topological polar surface area (TPSA) is 80.4 Å². The Kier molecular flexibility index (Phi) is 5.01. The Labute approximate surface area is 196 Å². The van der Waals surface area contributed by atoms with Crippen molar-refractivity contribution < 1.29 is 9.47 Å². The highest BCUT2D eigenvalue weighted by Gasteiger charge is 2.24. The van der Waals surface area contributed by atoms with Gasteiger partial charge in [-0.2, -0.15) is 5.26 Å². The van der Waals surface area contributed by atoms with Crippen LogP contribution in [0.5, 0.6) is 11.5 Å². The van der Waals surface area contributed by atoms with Crippen LogP contribution < -0.4 is 15.0 Å². The van der Waals surface area contributed by atoms with Crippen molar-refractivity contribution in [1.82, 2.24) is 14.5 Å². The van der Waals surface area contributed by atoms with Gasteiger partial charge in [0.15, 0.2) is 11.5 Å². The molecule has 0 amide bonds. The summed E-state index contributed by atoms with van der Waals surface area (Å²) >= 11 is 0. The summed E-state index contributed by atoms with van der Waals surface area (Å²) in [5.74, 6) is 1.42. The second kappa shape index (κ2) is 8.32. The van der Waals surface area contributed by atoms with E-state index in [2.05, 4.69) is 22.0 Å². The average Bonchev–Trinajstić information content (AvgIpc) is 3.35. The lowest BCUT2D eigenvalue weighted by Gasteiger charge is -2.30. The molecule has 2 aromatic heterocycles. The van der Waals surface area contributed by atoms with Crippen molar-refractivity contribution in [1.29, 1.82) is 5.26 Å². The van der Waals surface area contributed by atoms with Crippen LogP contribution in [-0.4, -0.2) is 27.8 Å². The zero-order valence-corrected chi connectivity index (χ0v) is 18.5. The Hall–Kier alpha value is -4.15. The fourth-order valence-electron chi connectivity index (χ4n) is 4.92. The zero-order chi connectivity index (χ0) is 23.1. The third-order valence-corrected chi connectivity index (χ3v) is 6.53. The van der Waals surface area contributed by atoms with Gasteiger partial charge in [-0.05, 0) is 59.5 Å². The summed E-state index contributed by atoms with van der Waals surface area (Å²) in [7, 11) is 0. The van der Waals surface area contributed by atoms with E-state index in [9.17, 15) is 10.1 Å². The van der Waals surface area contributed by atoms with Gasteiger partial charge in [0.25, 0.3) is 5.56 Å². The van der Waals surface area contributed by atoms with Crippen LogP contribution in [-0.2, 0) is 26.1 Å². The van der Waals surface area contributed by atoms with Crippen molar-refractivity contribution in [3.8, 4) is 17.6 Å². The number of hydrogen-bond acceptors (Lipinski definition) is 6. The summed E-state index contributed by atoms with van der Waals surface area (Å²) in [4.78, 5) is 20.6. The molecular formula is C27H22N4O3. The average molecular weight is 450 g/mol. The second-order valence-corrected chi connectivity index (χ2v) is 8.68. The molecule has 0 atom stereocenters. The zero-order valence-electron chi connectivity index (χ0n) is 18.5. The Morgan fingerprint density at radius 2 is 1.85 bits per heavy atom. The summed E-state index contributed by atoms with van der Waals surface area (Å²) in [5, 5.41) is 10.2. The molecule has 6 rings (SSSR count). The van der Waals surface area contributed by atoms with Gasteiger partial charge in [-0.25, -0.2) is 4.98 Å². The quantitative estimate of drug-likeness (QED) is 0.473. The van der Waals surface area contributed by atoms with E-state index in [1.807, 2.05) is 48.5 Å². The van der Waals surface area contributed by atoms with Crippen LogP contribution in [0.2, 0.25) is 0 Å². The van der Waals surface area contributed by atoms with E-state index < -0.39 is 0 Å². The number of ether oxygens (including phenoxy) is 2. The van der Waals surface area contributed by atoms with Gasteiger partial charge in [-0.15, -0.1) is 0 Å². The van der Waals surface area contributed by atoms with Crippen molar-refractivity contribution >= 4 is 11.0 Å². The molecule has 0 fully saturated rings. The molecule has 168 valence electrons. The van der Waals surface area contributed by atoms with Crippen LogP contribution in [0.3, 0.4) is 0 Å². The van der Waals surface area contributed by atoms with Crippen molar-refractivity contribution in [2.24, 2.45) is 0 Å². The van der Waals surface area contributed by atoms with Gasteiger partial charge in [0.1, 0.15) is 5.65 Å². The van der Waals surface area contributed by atoms with Crippen LogP contribution in [0, 0.1) is 11.3 Å². The molecular weight excluding hydrogens is 428 g/mol. The van der Waals surface area contributed by atoms with E-state index in [-0.39, 0.29) is 12.4 Å². The number of pyridine rings is 2. The summed E-state index contributed by atoms with van der Waals surface area (Å²) in [6.45, 7) is 2.73. The van der Waals surface area contributed by atoms with Crippen LogP contribution in [0.1, 0.15) is 27.8 Å². The van der Waals surface area contributed by atoms with Crippen molar-refractivity contribution in [3.05, 3.63) is 99.0 Å². The van der Waals surface area contributed by atoms with Crippen molar-refractivity contribution in [3.63, 3.8) is 0 Å². The standard InChI is InChI=1S/C27H22N4O3/c28-13-18-3-1-4-19(11-18)14-30-10-8-21-22-5-2-9-29-26(22)31(27(32)23(21)16-30)15-20-6-7-24-25(12-20)34-17-33-24/h1-7,9,11-12H,8,10,14-17H2. The molecule has 2 aromatic carbocycles. The molecule has 0 spiro atoms. The predicted molar refractivity (Wildman–Crippen MR) is 127 cm³/mol. The van der Waals surface area contributed by atoms with Gasteiger partial charge < -0.3 is 9.47 Å². The van der Waals surface area contributed by atoms with Crippen LogP contribution in [0.15, 0.2) is 65.6 Å². The van der Waals surface area contributed by atoms with Gasteiger partial charge >= 0.3 is 0 Å². The van der Waals surface area contributed by atoms with Crippen LogP contribution in [0.4, 0.5) is 0 Å². The Morgan fingerprint density at radius 1 is 0.971 bits per heavy atom. The van der Waals surface area contributed by atoms with Crippen LogP contribution >= 0.6 is 0 Å². The predicted octanol–water partition coefficient (Wildman–Crippen LogP) is 3.60. The Bertz CT molecular complexity index is 1520. The third-order valence-electron chi connectivity index (χ3n) is 6.53. The number of aromatic nitrogens is 2. The highest BCUT2D eigenvalue weighted by atomic mass is 16.7. The lowest BCUT2D eigenvalue weighted by atomic mass is 9.97. The van der Waals surface area contributed by atoms with E-state index in [1.165, 1.54) is 0 Å². The fraction of sp³-hybridized carbons (Fsp3) is 0.222. The Morgan fingerprint density at radius 3 is 2.76 bits per heavy atom. The summed E-state index contributed by atoms with van der Waals surface area (Å²) in [6.07, 6.45) is 2.52. The highest BCUT2D eigenvalue weighted by molar-refractivity contribution is 5.80. The minimum atomic E-state index is -0.00524. The molecule has 0 N–H and O–H groups in total. The lowest BCUT2D eigenvalue weighted by molar-refractivity contribution is 0.174. The van der Waals surface area contributed by atoms with Crippen molar-refractivity contribution in [2.45, 2.75) is 26.1 Å². The minimum Gasteiger partial charge on any atom is -0.454 e. The number of fused-ring (bicyclic) bond motifs is 4. The Balaban J connectivity index is 1.38. The van der Waals surface area contributed by atoms with E-state index in [0.29, 0.717) is 36.6 Å². The SMILES string of the molecule is N#Cc1cccc(CN2CCc3c(c(=O)n(Cc4ccc5c(c4)OCO5)c4ncccc34)C2)c1. The maximum Gasteiger partial charge on any atom is 0.257 e. The first-order valence-electron chi connectivity index (χ1n) is 11.3. The molecule has 2 aliphatic rings. The number of nitriles is 1. The van der Waals surface area contributed by atoms with Gasteiger partial charge in [0, 0.05) is 36.8 Å². The minimum absolute atomic E-state index is 0.00524. The molecule has 0 saturated carbocycles. The maximum absolute atomic E-state index is 13.8. The number of hydrogen-bond donors (Lipinski definition) is 0. The van der Waals surface area contributed by atoms with Crippen molar-refractivity contribution in [2.75, 3.05) is 13.3 Å². The van der Waals surface area contributed by atoms with Gasteiger partial charge in [0.05, 0.1) is 18.2 Å². The first kappa shape index (κ1) is 20.5. The molecule has 7 heteroatoms. The first-order chi connectivity index (χ1) is 16.7. The number of nitrogens with zero attached hydrogens (tertiary/aromatic N) is 4. The molecule has 34 heavy (non-hydrogen) atoms. The monoisotopic (exact) mass is 450 g/mol. The highest BCUT2D eigenvalue weighted by Crippen LogP contribution is 2.33. The summed E-state index contributed by atoms with van der Waals surface area (Å²) in [6, 6.07) is 19.6. The summed E-state index contributed by atoms with van der Waals surface area (Å²) in [5.41, 5.74) is 5.30. The molecule has 0 saturated heterocycles. The number of rotatable bonds is 4. The van der Waals surface area contributed by atoms with Gasteiger partial charge in [-0.1, -0.05) is 18.2 Å². The van der Waals surface area contributed by atoms with Gasteiger partial charge in [-0.3, -0.25) is 14.3 Å². The molecule has 0 unspecified atom stereocenters. The molecule has 4 heterocycles. The lowest BCUT2D eigenvalue weighted by Crippen LogP contribution is -2.37. The smallest absolute Gasteiger partial charge is 0.257 e. The van der Waals surface area contributed by atoms with E-state index in [4.69, 9.17) is 9.47 Å². The van der Waals surface area contributed by atoms with Crippen LogP contribution in [0.25, 0.3) is 11.0 Å². The third kappa shape index (κ3) is 3.58. The maximum atomic E-state index is 13.8. The van der Waals surface area contributed by atoms with E-state index in [1.54, 1.807) is 10.8 Å². The molecule has 2 aliphatic heterocycles. The second-order valence-electron chi connectivity index (χ2n) is 8.68. The first-order valence-corrected chi connectivity index (χ1v) is 11.3. The number of benzene rings is 2. The van der Waals surface area contributed by atoms with E-state index in [0.717, 1.165) is 46.4 Å². The fourth-order valence-corrected chi connectivity index (χ4v) is 4.92. The summed E-state index contributed by atoms with van der Waals surface area (Å²) < 4.78 is 12.7. The molecule has 0 radical (unpaired) electrons. The molecule has 0 bridgehead atoms. The normalized spacial score (nSPS) is 14.7. The largest absolute Gasteiger partial charge is 0.454 e. The van der Waals surface area contributed by atoms with E-state index >= 15 is 0 Å². The molecule has 0 aliphatic carbocycles. The van der Waals surface area contributed by atoms with Gasteiger partial charge in [0.2, 0.25) is 6.79 Å².